The molecule has 142 valence electrons. The fourth-order valence-electron chi connectivity index (χ4n) is 2.68. The van der Waals surface area contributed by atoms with E-state index in [1.807, 2.05) is 30.3 Å². The lowest BCUT2D eigenvalue weighted by Crippen LogP contribution is -2.53. The molecule has 0 spiro atoms. The van der Waals surface area contributed by atoms with E-state index in [9.17, 15) is 14.4 Å². The molecule has 0 aromatic heterocycles. The van der Waals surface area contributed by atoms with Crippen LogP contribution in [0.15, 0.2) is 30.3 Å². The zero-order valence-electron chi connectivity index (χ0n) is 14.9. The van der Waals surface area contributed by atoms with Crippen LogP contribution in [-0.2, 0) is 44.7 Å². The van der Waals surface area contributed by atoms with Crippen LogP contribution in [0.2, 0.25) is 0 Å². The predicted molar refractivity (Wildman–Crippen MR) is 87.7 cm³/mol. The number of hydrogen-bond acceptors (Lipinski definition) is 8. The Labute approximate surface area is 151 Å². The monoisotopic (exact) mass is 366 g/mol. The Morgan fingerprint density at radius 2 is 1.69 bits per heavy atom. The Hall–Kier alpha value is -2.45. The number of carbonyl (C=O) groups is 3. The number of hydrogen-bond donors (Lipinski definition) is 0. The van der Waals surface area contributed by atoms with E-state index in [1.54, 1.807) is 0 Å². The van der Waals surface area contributed by atoms with Crippen LogP contribution in [0.25, 0.3) is 0 Å². The molecule has 0 saturated carbocycles. The van der Waals surface area contributed by atoms with Gasteiger partial charge in [0.05, 0.1) is 19.8 Å². The molecule has 1 fully saturated rings. The molecule has 8 nitrogen and oxygen atoms in total. The average molecular weight is 366 g/mol. The zero-order valence-corrected chi connectivity index (χ0v) is 14.9. The quantitative estimate of drug-likeness (QED) is 0.527. The molecule has 1 aliphatic heterocycles. The van der Waals surface area contributed by atoms with Crippen LogP contribution in [-0.4, -0.2) is 49.1 Å². The minimum Gasteiger partial charge on any atom is -0.451 e. The second-order valence-electron chi connectivity index (χ2n) is 5.96. The van der Waals surface area contributed by atoms with E-state index in [0.29, 0.717) is 0 Å². The van der Waals surface area contributed by atoms with Crippen LogP contribution in [0.3, 0.4) is 0 Å². The van der Waals surface area contributed by atoms with E-state index in [0.717, 1.165) is 5.56 Å². The van der Waals surface area contributed by atoms with E-state index in [4.69, 9.17) is 23.7 Å². The first-order chi connectivity index (χ1) is 12.3. The first-order valence-electron chi connectivity index (χ1n) is 8.10. The van der Waals surface area contributed by atoms with Crippen LogP contribution in [0, 0.1) is 0 Å². The maximum atomic E-state index is 11.6. The fourth-order valence-corrected chi connectivity index (χ4v) is 2.68. The normalized spacial score (nSPS) is 24.7. The van der Waals surface area contributed by atoms with Gasteiger partial charge in [0.15, 0.2) is 0 Å². The van der Waals surface area contributed by atoms with Crippen LogP contribution < -0.4 is 0 Å². The van der Waals surface area contributed by atoms with Crippen molar-refractivity contribution in [2.24, 2.45) is 0 Å². The Morgan fingerprint density at radius 1 is 1.04 bits per heavy atom. The SMILES string of the molecule is CC(=O)O[C@@H]1OC[C@@](COCc2ccccc2)(OC(C)=O)[C@H]1OC(C)=O. The van der Waals surface area contributed by atoms with Gasteiger partial charge in [0.1, 0.15) is 0 Å². The molecule has 1 aromatic rings. The summed E-state index contributed by atoms with van der Waals surface area (Å²) in [5, 5.41) is 0. The molecule has 0 bridgehead atoms. The molecular weight excluding hydrogens is 344 g/mol. The predicted octanol–water partition coefficient (Wildman–Crippen LogP) is 1.36. The van der Waals surface area contributed by atoms with Crippen LogP contribution in [0.4, 0.5) is 0 Å². The van der Waals surface area contributed by atoms with Crippen molar-refractivity contribution in [1.29, 1.82) is 0 Å². The summed E-state index contributed by atoms with van der Waals surface area (Å²) in [7, 11) is 0. The van der Waals surface area contributed by atoms with Gasteiger partial charge >= 0.3 is 17.9 Å². The summed E-state index contributed by atoms with van der Waals surface area (Å²) in [6, 6.07) is 9.40. The van der Waals surface area contributed by atoms with Crippen LogP contribution >= 0.6 is 0 Å². The number of carbonyl (C=O) groups excluding carboxylic acids is 3. The van der Waals surface area contributed by atoms with E-state index in [-0.39, 0.29) is 19.8 Å². The lowest BCUT2D eigenvalue weighted by Gasteiger charge is -2.32. The summed E-state index contributed by atoms with van der Waals surface area (Å²) in [5.74, 6) is -1.84. The van der Waals surface area contributed by atoms with Crippen molar-refractivity contribution in [2.75, 3.05) is 13.2 Å². The molecule has 3 atom stereocenters. The smallest absolute Gasteiger partial charge is 0.305 e. The van der Waals surface area contributed by atoms with Crippen LogP contribution in [0.1, 0.15) is 26.3 Å². The first-order valence-corrected chi connectivity index (χ1v) is 8.10. The van der Waals surface area contributed by atoms with Gasteiger partial charge in [0, 0.05) is 20.8 Å². The summed E-state index contributed by atoms with van der Waals surface area (Å²) in [5.41, 5.74) is -0.489. The molecule has 0 amide bonds. The molecule has 0 unspecified atom stereocenters. The molecular formula is C18H22O8. The molecule has 1 aromatic carbocycles. The van der Waals surface area contributed by atoms with Gasteiger partial charge in [-0.15, -0.1) is 0 Å². The lowest BCUT2D eigenvalue weighted by molar-refractivity contribution is -0.204. The zero-order chi connectivity index (χ0) is 19.2. The van der Waals surface area contributed by atoms with Gasteiger partial charge in [-0.05, 0) is 5.56 Å². The second-order valence-corrected chi connectivity index (χ2v) is 5.96. The topological polar surface area (TPSA) is 97.4 Å². The highest BCUT2D eigenvalue weighted by Gasteiger charge is 2.57. The third kappa shape index (κ3) is 5.27. The van der Waals surface area contributed by atoms with E-state index < -0.39 is 35.9 Å². The van der Waals surface area contributed by atoms with E-state index in [2.05, 4.69) is 0 Å². The summed E-state index contributed by atoms with van der Waals surface area (Å²) >= 11 is 0. The number of esters is 3. The molecule has 1 aliphatic rings. The second kappa shape index (κ2) is 8.77. The highest BCUT2D eigenvalue weighted by atomic mass is 16.7. The molecule has 1 heterocycles. The number of ether oxygens (including phenoxy) is 5. The number of benzene rings is 1. The molecule has 2 rings (SSSR count). The maximum Gasteiger partial charge on any atom is 0.305 e. The largest absolute Gasteiger partial charge is 0.451 e. The standard InChI is InChI=1S/C18H22O8/c1-12(19)24-16-17(25-13(2)20)23-11-18(16,26-14(3)21)10-22-9-15-7-5-4-6-8-15/h4-8,16-17H,9-11H2,1-3H3/t16-,17-,18+/m0/s1. The molecule has 0 aliphatic carbocycles. The minimum absolute atomic E-state index is 0.100. The number of rotatable bonds is 7. The Morgan fingerprint density at radius 3 is 2.27 bits per heavy atom. The Bertz CT molecular complexity index is 644. The van der Waals surface area contributed by atoms with Gasteiger partial charge in [0.25, 0.3) is 0 Å². The molecule has 8 heteroatoms. The third-order valence-electron chi connectivity index (χ3n) is 3.64. The van der Waals surface area contributed by atoms with Gasteiger partial charge in [-0.25, -0.2) is 0 Å². The first kappa shape index (κ1) is 19.9. The Balaban J connectivity index is 2.16. The lowest BCUT2D eigenvalue weighted by atomic mass is 10.00. The van der Waals surface area contributed by atoms with Crippen molar-refractivity contribution in [2.45, 2.75) is 45.4 Å². The average Bonchev–Trinajstić information content (AvgIpc) is 2.85. The third-order valence-corrected chi connectivity index (χ3v) is 3.64. The van der Waals surface area contributed by atoms with Gasteiger partial charge in [-0.2, -0.15) is 0 Å². The molecule has 1 saturated heterocycles. The van der Waals surface area contributed by atoms with E-state index in [1.165, 1.54) is 20.8 Å². The van der Waals surface area contributed by atoms with Crippen molar-refractivity contribution in [3.63, 3.8) is 0 Å². The summed E-state index contributed by atoms with van der Waals surface area (Å²) < 4.78 is 26.8. The summed E-state index contributed by atoms with van der Waals surface area (Å²) in [6.45, 7) is 3.64. The minimum atomic E-state index is -1.41. The van der Waals surface area contributed by atoms with Crippen LogP contribution in [0.5, 0.6) is 0 Å². The Kier molecular flexibility index (Phi) is 6.70. The van der Waals surface area contributed by atoms with Gasteiger partial charge in [-0.3, -0.25) is 14.4 Å². The highest BCUT2D eigenvalue weighted by molar-refractivity contribution is 5.68. The highest BCUT2D eigenvalue weighted by Crippen LogP contribution is 2.33. The van der Waals surface area contributed by atoms with Crippen molar-refractivity contribution >= 4 is 17.9 Å². The maximum absolute atomic E-state index is 11.6. The van der Waals surface area contributed by atoms with E-state index >= 15 is 0 Å². The van der Waals surface area contributed by atoms with Crippen molar-refractivity contribution in [1.82, 2.24) is 0 Å². The van der Waals surface area contributed by atoms with Crippen molar-refractivity contribution in [3.05, 3.63) is 35.9 Å². The van der Waals surface area contributed by atoms with Crippen molar-refractivity contribution < 1.29 is 38.1 Å². The van der Waals surface area contributed by atoms with Gasteiger partial charge in [0.2, 0.25) is 18.0 Å². The molecule has 0 radical (unpaired) electrons. The molecule has 0 N–H and O–H groups in total. The van der Waals surface area contributed by atoms with Crippen molar-refractivity contribution in [3.8, 4) is 0 Å². The summed E-state index contributed by atoms with van der Waals surface area (Å²) in [6.07, 6.45) is -2.32. The summed E-state index contributed by atoms with van der Waals surface area (Å²) in [4.78, 5) is 34.4. The fraction of sp³-hybridized carbons (Fsp3) is 0.500. The van der Waals surface area contributed by atoms with Gasteiger partial charge < -0.3 is 23.7 Å². The molecule has 26 heavy (non-hydrogen) atoms. The van der Waals surface area contributed by atoms with Gasteiger partial charge in [-0.1, -0.05) is 30.3 Å².